The van der Waals surface area contributed by atoms with Crippen molar-refractivity contribution in [2.24, 2.45) is 0 Å². The van der Waals surface area contributed by atoms with Gasteiger partial charge in [0.1, 0.15) is 5.01 Å². The monoisotopic (exact) mass is 377 g/mol. The summed E-state index contributed by atoms with van der Waals surface area (Å²) in [5.41, 5.74) is 1.04. The van der Waals surface area contributed by atoms with Gasteiger partial charge in [0.05, 0.1) is 11.3 Å². The highest BCUT2D eigenvalue weighted by molar-refractivity contribution is 7.13. The zero-order valence-electron chi connectivity index (χ0n) is 13.5. The van der Waals surface area contributed by atoms with E-state index in [4.69, 9.17) is 0 Å². The molecule has 4 nitrogen and oxygen atoms in total. The van der Waals surface area contributed by atoms with Gasteiger partial charge >= 0.3 is 6.18 Å². The minimum Gasteiger partial charge on any atom is -0.326 e. The number of halogens is 3. The summed E-state index contributed by atoms with van der Waals surface area (Å²) in [7, 11) is 0. The first-order valence-corrected chi connectivity index (χ1v) is 8.62. The zero-order chi connectivity index (χ0) is 18.6. The Morgan fingerprint density at radius 1 is 1.15 bits per heavy atom. The minimum absolute atomic E-state index is 0.126. The van der Waals surface area contributed by atoms with E-state index in [1.54, 1.807) is 12.4 Å². The fourth-order valence-corrected chi connectivity index (χ4v) is 3.15. The normalized spacial score (nSPS) is 11.3. The minimum atomic E-state index is -4.44. The Balaban J connectivity index is 1.57. The molecule has 0 aliphatic rings. The van der Waals surface area contributed by atoms with Crippen LogP contribution < -0.4 is 5.32 Å². The van der Waals surface area contributed by atoms with E-state index < -0.39 is 11.7 Å². The number of benzene rings is 1. The fraction of sp³-hybridized carbons (Fsp3) is 0.167. The van der Waals surface area contributed by atoms with Crippen LogP contribution in [0.4, 0.5) is 18.9 Å². The Bertz CT molecular complexity index is 894. The van der Waals surface area contributed by atoms with Crippen LogP contribution in [0.15, 0.2) is 54.2 Å². The van der Waals surface area contributed by atoms with Crippen molar-refractivity contribution in [2.75, 3.05) is 5.32 Å². The number of aryl methyl sites for hydroxylation is 1. The molecule has 0 unspecified atom stereocenters. The predicted molar refractivity (Wildman–Crippen MR) is 93.7 cm³/mol. The molecule has 2 heterocycles. The molecule has 3 rings (SSSR count). The maximum absolute atomic E-state index is 12.7. The number of hydrogen-bond acceptors (Lipinski definition) is 4. The van der Waals surface area contributed by atoms with Gasteiger partial charge in [0, 0.05) is 35.4 Å². The van der Waals surface area contributed by atoms with Gasteiger partial charge in [-0.25, -0.2) is 4.98 Å². The third-order valence-electron chi connectivity index (χ3n) is 3.56. The van der Waals surface area contributed by atoms with E-state index in [1.165, 1.54) is 23.5 Å². The maximum atomic E-state index is 12.7. The summed E-state index contributed by atoms with van der Waals surface area (Å²) in [5.74, 6) is -0.359. The second-order valence-corrected chi connectivity index (χ2v) is 6.36. The highest BCUT2D eigenvalue weighted by atomic mass is 32.1. The van der Waals surface area contributed by atoms with Gasteiger partial charge in [-0.15, -0.1) is 11.3 Å². The molecule has 2 aromatic heterocycles. The molecule has 0 saturated carbocycles. The van der Waals surface area contributed by atoms with Crippen LogP contribution >= 0.6 is 11.3 Å². The third kappa shape index (κ3) is 4.66. The Kier molecular flexibility index (Phi) is 5.32. The van der Waals surface area contributed by atoms with Gasteiger partial charge < -0.3 is 5.32 Å². The number of carbonyl (C=O) groups excluding carboxylic acids is 1. The quantitative estimate of drug-likeness (QED) is 0.695. The highest BCUT2D eigenvalue weighted by Gasteiger charge is 2.30. The summed E-state index contributed by atoms with van der Waals surface area (Å²) >= 11 is 1.47. The number of amides is 1. The summed E-state index contributed by atoms with van der Waals surface area (Å²) in [6.07, 6.45) is -0.537. The fourth-order valence-electron chi connectivity index (χ4n) is 2.29. The molecule has 1 aromatic carbocycles. The van der Waals surface area contributed by atoms with Crippen LogP contribution in [0.2, 0.25) is 0 Å². The molecule has 26 heavy (non-hydrogen) atoms. The van der Waals surface area contributed by atoms with Gasteiger partial charge in [0.25, 0.3) is 0 Å². The third-order valence-corrected chi connectivity index (χ3v) is 4.50. The molecular formula is C18H14F3N3OS. The highest BCUT2D eigenvalue weighted by Crippen LogP contribution is 2.30. The van der Waals surface area contributed by atoms with Crippen molar-refractivity contribution < 1.29 is 18.0 Å². The second kappa shape index (κ2) is 7.65. The van der Waals surface area contributed by atoms with E-state index in [9.17, 15) is 18.0 Å². The van der Waals surface area contributed by atoms with Gasteiger partial charge in [-0.3, -0.25) is 9.78 Å². The van der Waals surface area contributed by atoms with Crippen molar-refractivity contribution in [2.45, 2.75) is 19.0 Å². The standard InChI is InChI=1S/C18H14F3N3OS/c19-18(20,21)13-2-1-3-14(10-13)23-16(25)5-4-15-11-26-17(24-15)12-6-8-22-9-7-12/h1-3,6-11H,4-5H2,(H,23,25). The van der Waals surface area contributed by atoms with E-state index >= 15 is 0 Å². The Labute approximate surface area is 151 Å². The second-order valence-electron chi connectivity index (χ2n) is 5.51. The summed E-state index contributed by atoms with van der Waals surface area (Å²) in [5, 5.41) is 5.19. The molecule has 0 aliphatic carbocycles. The lowest BCUT2D eigenvalue weighted by Crippen LogP contribution is -2.13. The summed E-state index contributed by atoms with van der Waals surface area (Å²) in [6, 6.07) is 8.27. The molecule has 0 aliphatic heterocycles. The molecule has 0 spiro atoms. The zero-order valence-corrected chi connectivity index (χ0v) is 14.3. The SMILES string of the molecule is O=C(CCc1csc(-c2ccncc2)n1)Nc1cccc(C(F)(F)F)c1. The average Bonchev–Trinajstić information content (AvgIpc) is 3.09. The first-order chi connectivity index (χ1) is 12.4. The molecule has 3 aromatic rings. The van der Waals surface area contributed by atoms with Gasteiger partial charge in [0.2, 0.25) is 5.91 Å². The molecule has 0 bridgehead atoms. The van der Waals surface area contributed by atoms with Crippen LogP contribution in [-0.4, -0.2) is 15.9 Å². The first kappa shape index (κ1) is 18.1. The number of carbonyl (C=O) groups is 1. The van der Waals surface area contributed by atoms with Gasteiger partial charge in [0.15, 0.2) is 0 Å². The van der Waals surface area contributed by atoms with E-state index in [0.717, 1.165) is 28.4 Å². The van der Waals surface area contributed by atoms with Crippen molar-refractivity contribution in [3.63, 3.8) is 0 Å². The Morgan fingerprint density at radius 2 is 1.92 bits per heavy atom. The first-order valence-electron chi connectivity index (χ1n) is 7.74. The lowest BCUT2D eigenvalue weighted by Gasteiger charge is -2.09. The maximum Gasteiger partial charge on any atom is 0.416 e. The molecule has 134 valence electrons. The van der Waals surface area contributed by atoms with Crippen LogP contribution in [0.3, 0.4) is 0 Å². The van der Waals surface area contributed by atoms with Gasteiger partial charge in [-0.1, -0.05) is 6.07 Å². The molecule has 1 amide bonds. The van der Waals surface area contributed by atoms with Crippen LogP contribution in [0, 0.1) is 0 Å². The smallest absolute Gasteiger partial charge is 0.326 e. The Hall–Kier alpha value is -2.74. The van der Waals surface area contributed by atoms with Crippen LogP contribution in [0.25, 0.3) is 10.6 Å². The largest absolute Gasteiger partial charge is 0.416 e. The molecule has 0 fully saturated rings. The molecule has 0 radical (unpaired) electrons. The van der Waals surface area contributed by atoms with E-state index in [0.29, 0.717) is 6.42 Å². The van der Waals surface area contributed by atoms with E-state index in [2.05, 4.69) is 15.3 Å². The molecule has 1 N–H and O–H groups in total. The topological polar surface area (TPSA) is 54.9 Å². The van der Waals surface area contributed by atoms with Gasteiger partial charge in [-0.2, -0.15) is 13.2 Å². The van der Waals surface area contributed by atoms with E-state index in [1.807, 2.05) is 17.5 Å². The summed E-state index contributed by atoms with van der Waals surface area (Å²) < 4.78 is 38.1. The number of pyridine rings is 1. The number of nitrogens with zero attached hydrogens (tertiary/aromatic N) is 2. The van der Waals surface area contributed by atoms with Crippen LogP contribution in [0.5, 0.6) is 0 Å². The number of aromatic nitrogens is 2. The Morgan fingerprint density at radius 3 is 2.65 bits per heavy atom. The number of rotatable bonds is 5. The van der Waals surface area contributed by atoms with Crippen molar-refractivity contribution in [1.82, 2.24) is 9.97 Å². The lowest BCUT2D eigenvalue weighted by atomic mass is 10.2. The van der Waals surface area contributed by atoms with Gasteiger partial charge in [-0.05, 0) is 36.8 Å². The number of hydrogen-bond donors (Lipinski definition) is 1. The van der Waals surface area contributed by atoms with Crippen molar-refractivity contribution in [3.8, 4) is 10.6 Å². The van der Waals surface area contributed by atoms with Crippen molar-refractivity contribution >= 4 is 22.9 Å². The van der Waals surface area contributed by atoms with Crippen molar-refractivity contribution in [1.29, 1.82) is 0 Å². The van der Waals surface area contributed by atoms with Crippen LogP contribution in [-0.2, 0) is 17.4 Å². The molecule has 0 saturated heterocycles. The number of anilines is 1. The summed E-state index contributed by atoms with van der Waals surface area (Å²) in [4.78, 5) is 20.4. The molecular weight excluding hydrogens is 363 g/mol. The number of nitrogens with one attached hydrogen (secondary N) is 1. The van der Waals surface area contributed by atoms with Crippen LogP contribution in [0.1, 0.15) is 17.7 Å². The number of thiazole rings is 1. The predicted octanol–water partition coefficient (Wildman–Crippen LogP) is 4.80. The van der Waals surface area contributed by atoms with Crippen molar-refractivity contribution in [3.05, 3.63) is 65.4 Å². The number of alkyl halides is 3. The average molecular weight is 377 g/mol. The summed E-state index contributed by atoms with van der Waals surface area (Å²) in [6.45, 7) is 0. The molecule has 8 heteroatoms. The lowest BCUT2D eigenvalue weighted by molar-refractivity contribution is -0.137. The molecule has 0 atom stereocenters. The van der Waals surface area contributed by atoms with E-state index in [-0.39, 0.29) is 18.0 Å².